The monoisotopic (exact) mass is 197 g/mol. The number of fused-ring (bicyclic) bond motifs is 1. The third-order valence-electron chi connectivity index (χ3n) is 2.53. The van der Waals surface area contributed by atoms with Gasteiger partial charge in [0.15, 0.2) is 0 Å². The number of hydrogen-bond acceptors (Lipinski definition) is 1. The summed E-state index contributed by atoms with van der Waals surface area (Å²) < 4.78 is 0. The van der Waals surface area contributed by atoms with Crippen molar-refractivity contribution in [3.8, 4) is 0 Å². The second-order valence-electron chi connectivity index (χ2n) is 3.58. The van der Waals surface area contributed by atoms with Crippen molar-refractivity contribution in [1.29, 1.82) is 0 Å². The third-order valence-corrected chi connectivity index (χ3v) is 2.53. The zero-order valence-corrected chi connectivity index (χ0v) is 8.73. The summed E-state index contributed by atoms with van der Waals surface area (Å²) in [6.07, 6.45) is 2.36. The highest BCUT2D eigenvalue weighted by Crippen LogP contribution is 2.14. The van der Waals surface area contributed by atoms with Crippen molar-refractivity contribution < 1.29 is 0 Å². The Kier molecular flexibility index (Phi) is 3.76. The fourth-order valence-corrected chi connectivity index (χ4v) is 1.86. The second kappa shape index (κ2) is 4.64. The molecule has 1 heterocycles. The lowest BCUT2D eigenvalue weighted by Gasteiger charge is -2.08. The second-order valence-corrected chi connectivity index (χ2v) is 3.58. The molecule has 1 atom stereocenters. The molecule has 0 amide bonds. The van der Waals surface area contributed by atoms with Crippen LogP contribution in [0.5, 0.6) is 0 Å². The summed E-state index contributed by atoms with van der Waals surface area (Å²) in [4.78, 5) is 0. The molecule has 2 heteroatoms. The molecule has 1 nitrogen and oxygen atoms in total. The Morgan fingerprint density at radius 3 is 2.69 bits per heavy atom. The molecule has 1 aliphatic rings. The number of nitrogens with one attached hydrogen (secondary N) is 1. The standard InChI is InChI=1S/C11H15N.ClH/c1-9-8-11-5-3-2-4-10(11)6-7-12-9;/h2-5,9,12H,6-8H2,1H3;1H/t9-;/m1./s1. The Morgan fingerprint density at radius 2 is 1.92 bits per heavy atom. The van der Waals surface area contributed by atoms with Gasteiger partial charge in [-0.15, -0.1) is 12.4 Å². The maximum Gasteiger partial charge on any atom is 0.00793 e. The lowest BCUT2D eigenvalue weighted by molar-refractivity contribution is 0.568. The van der Waals surface area contributed by atoms with Crippen LogP contribution in [0.4, 0.5) is 0 Å². The number of rotatable bonds is 0. The van der Waals surface area contributed by atoms with E-state index in [-0.39, 0.29) is 12.4 Å². The van der Waals surface area contributed by atoms with Crippen LogP contribution in [0, 0.1) is 0 Å². The summed E-state index contributed by atoms with van der Waals surface area (Å²) in [7, 11) is 0. The van der Waals surface area contributed by atoms with E-state index in [1.807, 2.05) is 0 Å². The summed E-state index contributed by atoms with van der Waals surface area (Å²) in [5.74, 6) is 0. The summed E-state index contributed by atoms with van der Waals surface area (Å²) in [6.45, 7) is 3.38. The first-order valence-electron chi connectivity index (χ1n) is 4.66. The van der Waals surface area contributed by atoms with Gasteiger partial charge in [-0.25, -0.2) is 0 Å². The molecule has 0 saturated heterocycles. The highest BCUT2D eigenvalue weighted by Gasteiger charge is 2.10. The van der Waals surface area contributed by atoms with Crippen LogP contribution < -0.4 is 5.32 Å². The van der Waals surface area contributed by atoms with E-state index in [2.05, 4.69) is 36.5 Å². The van der Waals surface area contributed by atoms with Gasteiger partial charge in [0.1, 0.15) is 0 Å². The van der Waals surface area contributed by atoms with Gasteiger partial charge in [0.05, 0.1) is 0 Å². The highest BCUT2D eigenvalue weighted by molar-refractivity contribution is 5.85. The zero-order valence-electron chi connectivity index (χ0n) is 7.92. The minimum Gasteiger partial charge on any atom is -0.314 e. The average molecular weight is 198 g/mol. The van der Waals surface area contributed by atoms with Crippen LogP contribution in [0.25, 0.3) is 0 Å². The molecule has 1 aliphatic heterocycles. The normalized spacial score (nSPS) is 21.2. The van der Waals surface area contributed by atoms with Gasteiger partial charge in [0, 0.05) is 6.04 Å². The molecule has 1 aromatic carbocycles. The van der Waals surface area contributed by atoms with Crippen molar-refractivity contribution in [2.75, 3.05) is 6.54 Å². The van der Waals surface area contributed by atoms with Crippen molar-refractivity contribution in [2.45, 2.75) is 25.8 Å². The van der Waals surface area contributed by atoms with E-state index in [1.54, 1.807) is 0 Å². The lowest BCUT2D eigenvalue weighted by atomic mass is 10.0. The van der Waals surface area contributed by atoms with Crippen molar-refractivity contribution in [3.05, 3.63) is 35.4 Å². The maximum atomic E-state index is 3.49. The first kappa shape index (κ1) is 10.6. The predicted molar refractivity (Wildman–Crippen MR) is 58.6 cm³/mol. The Hall–Kier alpha value is -0.530. The van der Waals surface area contributed by atoms with Crippen LogP contribution in [0.2, 0.25) is 0 Å². The number of benzene rings is 1. The van der Waals surface area contributed by atoms with Crippen LogP contribution in [0.3, 0.4) is 0 Å². The van der Waals surface area contributed by atoms with Crippen molar-refractivity contribution >= 4 is 12.4 Å². The molecule has 0 aliphatic carbocycles. The van der Waals surface area contributed by atoms with Gasteiger partial charge in [0.25, 0.3) is 0 Å². The van der Waals surface area contributed by atoms with Crippen LogP contribution in [0.15, 0.2) is 24.3 Å². The Bertz CT molecular complexity index is 273. The number of hydrogen-bond donors (Lipinski definition) is 1. The summed E-state index contributed by atoms with van der Waals surface area (Å²) in [5, 5.41) is 3.49. The van der Waals surface area contributed by atoms with Crippen molar-refractivity contribution in [3.63, 3.8) is 0 Å². The third kappa shape index (κ3) is 2.45. The Balaban J connectivity index is 0.000000845. The quantitative estimate of drug-likeness (QED) is 0.673. The van der Waals surface area contributed by atoms with E-state index < -0.39 is 0 Å². The van der Waals surface area contributed by atoms with Gasteiger partial charge in [-0.1, -0.05) is 24.3 Å². The number of halogens is 1. The Labute approximate surface area is 86.0 Å². The van der Waals surface area contributed by atoms with Crippen LogP contribution in [-0.2, 0) is 12.8 Å². The van der Waals surface area contributed by atoms with E-state index >= 15 is 0 Å². The van der Waals surface area contributed by atoms with Gasteiger partial charge in [-0.3, -0.25) is 0 Å². The van der Waals surface area contributed by atoms with Crippen LogP contribution in [-0.4, -0.2) is 12.6 Å². The van der Waals surface area contributed by atoms with Gasteiger partial charge in [-0.05, 0) is 37.4 Å². The maximum absolute atomic E-state index is 3.49. The minimum atomic E-state index is 0. The SMILES string of the molecule is C[C@@H]1Cc2ccccc2CCN1.Cl. The first-order valence-corrected chi connectivity index (χ1v) is 4.66. The van der Waals surface area contributed by atoms with E-state index in [0.29, 0.717) is 6.04 Å². The van der Waals surface area contributed by atoms with Gasteiger partial charge in [-0.2, -0.15) is 0 Å². The molecule has 1 N–H and O–H groups in total. The molecular formula is C11H16ClN. The molecule has 0 aromatic heterocycles. The molecule has 0 fully saturated rings. The average Bonchev–Trinajstić information content (AvgIpc) is 2.25. The van der Waals surface area contributed by atoms with Gasteiger partial charge < -0.3 is 5.32 Å². The predicted octanol–water partition coefficient (Wildman–Crippen LogP) is 2.19. The van der Waals surface area contributed by atoms with E-state index in [0.717, 1.165) is 6.54 Å². The lowest BCUT2D eigenvalue weighted by Crippen LogP contribution is -2.27. The summed E-state index contributed by atoms with van der Waals surface area (Å²) in [6, 6.07) is 9.40. The highest BCUT2D eigenvalue weighted by atomic mass is 35.5. The minimum absolute atomic E-state index is 0. The topological polar surface area (TPSA) is 12.0 Å². The van der Waals surface area contributed by atoms with Gasteiger partial charge >= 0.3 is 0 Å². The largest absolute Gasteiger partial charge is 0.314 e. The summed E-state index contributed by atoms with van der Waals surface area (Å²) >= 11 is 0. The summed E-state index contributed by atoms with van der Waals surface area (Å²) in [5.41, 5.74) is 3.05. The fraction of sp³-hybridized carbons (Fsp3) is 0.455. The Morgan fingerprint density at radius 1 is 1.23 bits per heavy atom. The van der Waals surface area contributed by atoms with Gasteiger partial charge in [0.2, 0.25) is 0 Å². The van der Waals surface area contributed by atoms with E-state index in [1.165, 1.54) is 24.0 Å². The first-order chi connectivity index (χ1) is 5.86. The smallest absolute Gasteiger partial charge is 0.00793 e. The van der Waals surface area contributed by atoms with Crippen LogP contribution in [0.1, 0.15) is 18.1 Å². The molecule has 0 saturated carbocycles. The van der Waals surface area contributed by atoms with Crippen LogP contribution >= 0.6 is 12.4 Å². The molecule has 13 heavy (non-hydrogen) atoms. The zero-order chi connectivity index (χ0) is 8.39. The molecule has 2 rings (SSSR count). The molecule has 1 aromatic rings. The van der Waals surface area contributed by atoms with E-state index in [4.69, 9.17) is 0 Å². The molecular weight excluding hydrogens is 182 g/mol. The fourth-order valence-electron chi connectivity index (χ4n) is 1.86. The van der Waals surface area contributed by atoms with Crippen molar-refractivity contribution in [1.82, 2.24) is 5.32 Å². The molecule has 0 spiro atoms. The van der Waals surface area contributed by atoms with E-state index in [9.17, 15) is 0 Å². The van der Waals surface area contributed by atoms with Crippen molar-refractivity contribution in [2.24, 2.45) is 0 Å². The molecule has 0 bridgehead atoms. The molecule has 72 valence electrons. The molecule has 0 unspecified atom stereocenters. The molecule has 0 radical (unpaired) electrons.